The van der Waals surface area contributed by atoms with Crippen LogP contribution in [-0.4, -0.2) is 16.1 Å². The molecule has 0 aliphatic carbocycles. The Labute approximate surface area is 97.2 Å². The number of aromatic nitrogens is 2. The van der Waals surface area contributed by atoms with Crippen molar-refractivity contribution in [1.82, 2.24) is 10.2 Å². The Kier molecular flexibility index (Phi) is 2.74. The predicted molar refractivity (Wildman–Crippen MR) is 65.8 cm³/mol. The maximum atomic E-state index is 11.5. The van der Waals surface area contributed by atoms with Gasteiger partial charge in [-0.1, -0.05) is 12.6 Å². The summed E-state index contributed by atoms with van der Waals surface area (Å²) in [5.41, 5.74) is 0.685. The van der Waals surface area contributed by atoms with Crippen molar-refractivity contribution in [2.24, 2.45) is 0 Å². The van der Waals surface area contributed by atoms with Crippen LogP contribution in [0.2, 0.25) is 0 Å². The zero-order valence-electron chi connectivity index (χ0n) is 9.28. The van der Waals surface area contributed by atoms with Crippen LogP contribution in [0.1, 0.15) is 6.92 Å². The van der Waals surface area contributed by atoms with Gasteiger partial charge in [-0.3, -0.25) is 9.59 Å². The molecule has 0 aliphatic heterocycles. The maximum Gasteiger partial charge on any atom is 0.272 e. The molecule has 0 atom stereocenters. The minimum Gasteiger partial charge on any atom is -0.322 e. The molecule has 2 aromatic rings. The highest BCUT2D eigenvalue weighted by molar-refractivity contribution is 6.03. The van der Waals surface area contributed by atoms with Crippen molar-refractivity contribution in [3.63, 3.8) is 0 Å². The van der Waals surface area contributed by atoms with Gasteiger partial charge in [0.25, 0.3) is 11.5 Å². The average Bonchev–Trinajstić information content (AvgIpc) is 2.30. The molecule has 0 saturated heterocycles. The van der Waals surface area contributed by atoms with Crippen molar-refractivity contribution >= 4 is 22.4 Å². The van der Waals surface area contributed by atoms with E-state index in [1.807, 2.05) is 0 Å². The van der Waals surface area contributed by atoms with Gasteiger partial charge in [0.05, 0.1) is 11.6 Å². The lowest BCUT2D eigenvalue weighted by Gasteiger charge is -2.05. The first-order chi connectivity index (χ1) is 8.08. The number of nitrogens with one attached hydrogen (secondary N) is 2. The van der Waals surface area contributed by atoms with Crippen molar-refractivity contribution in [2.75, 3.05) is 5.32 Å². The zero-order chi connectivity index (χ0) is 12.4. The van der Waals surface area contributed by atoms with Crippen LogP contribution in [0.25, 0.3) is 10.8 Å². The molecule has 0 saturated carbocycles. The SMILES string of the molecule is C=C(C)C(=O)Nc1ccc2cn[nH]c(=O)c2c1. The van der Waals surface area contributed by atoms with Gasteiger partial charge < -0.3 is 5.32 Å². The number of amides is 1. The fourth-order valence-corrected chi connectivity index (χ4v) is 1.40. The highest BCUT2D eigenvalue weighted by Gasteiger charge is 2.04. The average molecular weight is 229 g/mol. The Balaban J connectivity index is 2.44. The van der Waals surface area contributed by atoms with Crippen molar-refractivity contribution in [2.45, 2.75) is 6.92 Å². The number of hydrogen-bond acceptors (Lipinski definition) is 3. The molecule has 17 heavy (non-hydrogen) atoms. The van der Waals surface area contributed by atoms with E-state index >= 15 is 0 Å². The molecule has 0 aliphatic rings. The molecule has 1 aromatic heterocycles. The molecular formula is C12H11N3O2. The van der Waals surface area contributed by atoms with Gasteiger partial charge >= 0.3 is 0 Å². The number of H-pyrrole nitrogens is 1. The van der Waals surface area contributed by atoms with Gasteiger partial charge in [-0.2, -0.15) is 5.10 Å². The molecule has 1 heterocycles. The Morgan fingerprint density at radius 2 is 2.24 bits per heavy atom. The van der Waals surface area contributed by atoms with Gasteiger partial charge in [-0.15, -0.1) is 0 Å². The number of nitrogens with zero attached hydrogens (tertiary/aromatic N) is 1. The summed E-state index contributed by atoms with van der Waals surface area (Å²) in [6, 6.07) is 5.05. The van der Waals surface area contributed by atoms with Crippen molar-refractivity contribution in [1.29, 1.82) is 0 Å². The van der Waals surface area contributed by atoms with E-state index < -0.39 is 0 Å². The fraction of sp³-hybridized carbons (Fsp3) is 0.0833. The third kappa shape index (κ3) is 2.23. The van der Waals surface area contributed by atoms with Crippen LogP contribution in [-0.2, 0) is 4.79 Å². The van der Waals surface area contributed by atoms with E-state index in [0.29, 0.717) is 16.6 Å². The lowest BCUT2D eigenvalue weighted by molar-refractivity contribution is -0.112. The van der Waals surface area contributed by atoms with Crippen molar-refractivity contribution < 1.29 is 4.79 Å². The summed E-state index contributed by atoms with van der Waals surface area (Å²) < 4.78 is 0. The van der Waals surface area contributed by atoms with Gasteiger partial charge in [0.2, 0.25) is 0 Å². The van der Waals surface area contributed by atoms with Crippen molar-refractivity contribution in [3.8, 4) is 0 Å². The van der Waals surface area contributed by atoms with E-state index in [2.05, 4.69) is 22.1 Å². The third-order valence-electron chi connectivity index (χ3n) is 2.31. The molecule has 2 rings (SSSR count). The first-order valence-electron chi connectivity index (χ1n) is 5.02. The van der Waals surface area contributed by atoms with E-state index in [1.54, 1.807) is 31.3 Å². The summed E-state index contributed by atoms with van der Waals surface area (Å²) in [6.07, 6.45) is 1.56. The Bertz CT molecular complexity index is 658. The molecule has 1 amide bonds. The monoisotopic (exact) mass is 229 g/mol. The van der Waals surface area contributed by atoms with E-state index in [9.17, 15) is 9.59 Å². The van der Waals surface area contributed by atoms with Gasteiger partial charge in [0.15, 0.2) is 0 Å². The fourth-order valence-electron chi connectivity index (χ4n) is 1.40. The predicted octanol–water partition coefficient (Wildman–Crippen LogP) is 1.44. The maximum absolute atomic E-state index is 11.5. The van der Waals surface area contributed by atoms with Gasteiger partial charge in [0, 0.05) is 16.6 Å². The number of benzene rings is 1. The second-order valence-corrected chi connectivity index (χ2v) is 3.74. The number of carbonyl (C=O) groups is 1. The normalized spacial score (nSPS) is 10.2. The molecule has 0 radical (unpaired) electrons. The first-order valence-corrected chi connectivity index (χ1v) is 5.02. The molecule has 0 fully saturated rings. The van der Waals surface area contributed by atoms with Crippen LogP contribution in [0, 0.1) is 0 Å². The smallest absolute Gasteiger partial charge is 0.272 e. The Hall–Kier alpha value is -2.43. The van der Waals surface area contributed by atoms with Gasteiger partial charge in [-0.05, 0) is 19.1 Å². The molecule has 2 N–H and O–H groups in total. The van der Waals surface area contributed by atoms with Crippen LogP contribution in [0.3, 0.4) is 0 Å². The second kappa shape index (κ2) is 4.21. The van der Waals surface area contributed by atoms with Gasteiger partial charge in [0.1, 0.15) is 0 Å². The largest absolute Gasteiger partial charge is 0.322 e. The number of rotatable bonds is 2. The molecule has 5 nitrogen and oxygen atoms in total. The lowest BCUT2D eigenvalue weighted by Crippen LogP contribution is -2.13. The summed E-state index contributed by atoms with van der Waals surface area (Å²) in [7, 11) is 0. The van der Waals surface area contributed by atoms with Crippen LogP contribution in [0.5, 0.6) is 0 Å². The number of anilines is 1. The van der Waals surface area contributed by atoms with E-state index in [1.165, 1.54) is 0 Å². The molecule has 5 heteroatoms. The topological polar surface area (TPSA) is 74.8 Å². The van der Waals surface area contributed by atoms with E-state index in [4.69, 9.17) is 0 Å². The Morgan fingerprint density at radius 1 is 1.47 bits per heavy atom. The van der Waals surface area contributed by atoms with Gasteiger partial charge in [-0.25, -0.2) is 5.10 Å². The van der Waals surface area contributed by atoms with Crippen LogP contribution < -0.4 is 10.9 Å². The summed E-state index contributed by atoms with van der Waals surface area (Å²) in [4.78, 5) is 22.9. The lowest BCUT2D eigenvalue weighted by atomic mass is 10.2. The molecule has 1 aromatic carbocycles. The summed E-state index contributed by atoms with van der Waals surface area (Å²) in [5.74, 6) is -0.269. The first kappa shape index (κ1) is 11.1. The summed E-state index contributed by atoms with van der Waals surface area (Å²) >= 11 is 0. The molecular weight excluding hydrogens is 218 g/mol. The molecule has 0 spiro atoms. The number of fused-ring (bicyclic) bond motifs is 1. The highest BCUT2D eigenvalue weighted by atomic mass is 16.1. The Morgan fingerprint density at radius 3 is 2.94 bits per heavy atom. The second-order valence-electron chi connectivity index (χ2n) is 3.74. The summed E-state index contributed by atoms with van der Waals surface area (Å²) in [6.45, 7) is 5.16. The number of hydrogen-bond donors (Lipinski definition) is 2. The zero-order valence-corrected chi connectivity index (χ0v) is 9.28. The minimum absolute atomic E-state index is 0.269. The quantitative estimate of drug-likeness (QED) is 0.765. The van der Waals surface area contributed by atoms with E-state index in [0.717, 1.165) is 5.39 Å². The molecule has 86 valence electrons. The standard InChI is InChI=1S/C12H11N3O2/c1-7(2)11(16)14-9-4-3-8-6-13-15-12(17)10(8)5-9/h3-6H,1H2,2H3,(H,14,16)(H,15,17). The number of carbonyl (C=O) groups excluding carboxylic acids is 1. The van der Waals surface area contributed by atoms with Crippen LogP contribution >= 0.6 is 0 Å². The highest BCUT2D eigenvalue weighted by Crippen LogP contribution is 2.15. The number of aromatic amines is 1. The van der Waals surface area contributed by atoms with E-state index in [-0.39, 0.29) is 11.5 Å². The van der Waals surface area contributed by atoms with Crippen LogP contribution in [0.15, 0.2) is 41.3 Å². The molecule has 0 unspecified atom stereocenters. The van der Waals surface area contributed by atoms with Crippen molar-refractivity contribution in [3.05, 3.63) is 46.9 Å². The third-order valence-corrected chi connectivity index (χ3v) is 2.31. The molecule has 0 bridgehead atoms. The van der Waals surface area contributed by atoms with Crippen LogP contribution in [0.4, 0.5) is 5.69 Å². The minimum atomic E-state index is -0.283. The summed E-state index contributed by atoms with van der Waals surface area (Å²) in [5, 5.41) is 9.89.